The SMILES string of the molecule is Nc1nc(Oc2ccc(Cl)c(Cl)c2)nc(N2CCCC2)n1. The first kappa shape index (κ1) is 14.2. The molecular weight excluding hydrogens is 313 g/mol. The topological polar surface area (TPSA) is 77.2 Å². The third-order valence-electron chi connectivity index (χ3n) is 3.11. The Morgan fingerprint density at radius 3 is 2.52 bits per heavy atom. The molecule has 0 unspecified atom stereocenters. The lowest BCUT2D eigenvalue weighted by atomic mass is 10.3. The van der Waals surface area contributed by atoms with Gasteiger partial charge in [0, 0.05) is 19.2 Å². The zero-order chi connectivity index (χ0) is 14.8. The molecule has 2 heterocycles. The van der Waals surface area contributed by atoms with Gasteiger partial charge in [-0.3, -0.25) is 0 Å². The molecule has 0 radical (unpaired) electrons. The zero-order valence-corrected chi connectivity index (χ0v) is 12.6. The summed E-state index contributed by atoms with van der Waals surface area (Å²) in [6.07, 6.45) is 2.24. The maximum Gasteiger partial charge on any atom is 0.328 e. The standard InChI is InChI=1S/C13H13Cl2N5O/c14-9-4-3-8(7-10(9)15)21-13-18-11(16)17-12(19-13)20-5-1-2-6-20/h3-4,7H,1-2,5-6H2,(H2,16,17,18,19). The third kappa shape index (κ3) is 3.28. The summed E-state index contributed by atoms with van der Waals surface area (Å²) in [5.74, 6) is 1.15. The molecular formula is C13H13Cl2N5O. The molecule has 2 N–H and O–H groups in total. The predicted octanol–water partition coefficient (Wildman–Crippen LogP) is 3.15. The molecule has 1 aliphatic rings. The molecule has 1 aromatic carbocycles. The van der Waals surface area contributed by atoms with Crippen molar-refractivity contribution in [1.82, 2.24) is 15.0 Å². The lowest BCUT2D eigenvalue weighted by Crippen LogP contribution is -2.21. The van der Waals surface area contributed by atoms with Gasteiger partial charge in [0.1, 0.15) is 5.75 Å². The average Bonchev–Trinajstić information content (AvgIpc) is 2.96. The molecule has 0 spiro atoms. The van der Waals surface area contributed by atoms with Gasteiger partial charge in [0.2, 0.25) is 11.9 Å². The van der Waals surface area contributed by atoms with E-state index in [0.29, 0.717) is 21.7 Å². The van der Waals surface area contributed by atoms with E-state index in [1.165, 1.54) is 0 Å². The zero-order valence-electron chi connectivity index (χ0n) is 11.1. The molecule has 1 saturated heterocycles. The summed E-state index contributed by atoms with van der Waals surface area (Å²) in [5, 5.41) is 0.855. The van der Waals surface area contributed by atoms with E-state index in [2.05, 4.69) is 19.9 Å². The molecule has 21 heavy (non-hydrogen) atoms. The minimum atomic E-state index is 0.127. The molecule has 0 amide bonds. The normalized spacial score (nSPS) is 14.5. The van der Waals surface area contributed by atoms with Crippen LogP contribution in [-0.2, 0) is 0 Å². The second-order valence-electron chi connectivity index (χ2n) is 4.65. The molecule has 0 aliphatic carbocycles. The van der Waals surface area contributed by atoms with Crippen molar-refractivity contribution in [3.05, 3.63) is 28.2 Å². The molecule has 1 fully saturated rings. The van der Waals surface area contributed by atoms with Crippen molar-refractivity contribution in [2.75, 3.05) is 23.7 Å². The molecule has 6 nitrogen and oxygen atoms in total. The summed E-state index contributed by atoms with van der Waals surface area (Å²) in [4.78, 5) is 14.5. The van der Waals surface area contributed by atoms with Crippen LogP contribution in [0.3, 0.4) is 0 Å². The molecule has 0 saturated carbocycles. The van der Waals surface area contributed by atoms with E-state index < -0.39 is 0 Å². The quantitative estimate of drug-likeness (QED) is 0.934. The van der Waals surface area contributed by atoms with Gasteiger partial charge in [-0.2, -0.15) is 15.0 Å². The van der Waals surface area contributed by atoms with Crippen LogP contribution >= 0.6 is 23.2 Å². The highest BCUT2D eigenvalue weighted by Crippen LogP contribution is 2.29. The summed E-state index contributed by atoms with van der Waals surface area (Å²) < 4.78 is 5.58. The second kappa shape index (κ2) is 5.91. The van der Waals surface area contributed by atoms with E-state index in [9.17, 15) is 0 Å². The van der Waals surface area contributed by atoms with E-state index in [4.69, 9.17) is 33.7 Å². The van der Waals surface area contributed by atoms with Crippen molar-refractivity contribution in [3.63, 3.8) is 0 Å². The van der Waals surface area contributed by atoms with Crippen LogP contribution in [0.1, 0.15) is 12.8 Å². The molecule has 0 atom stereocenters. The van der Waals surface area contributed by atoms with Gasteiger partial charge in [0.05, 0.1) is 10.0 Å². The van der Waals surface area contributed by atoms with Crippen molar-refractivity contribution >= 4 is 35.1 Å². The number of halogens is 2. The minimum absolute atomic E-state index is 0.127. The van der Waals surface area contributed by atoms with Crippen LogP contribution in [0, 0.1) is 0 Å². The number of hydrogen-bond acceptors (Lipinski definition) is 6. The van der Waals surface area contributed by atoms with E-state index in [0.717, 1.165) is 25.9 Å². The molecule has 3 rings (SSSR count). The van der Waals surface area contributed by atoms with Crippen molar-refractivity contribution in [2.45, 2.75) is 12.8 Å². The van der Waals surface area contributed by atoms with Crippen LogP contribution in [0.5, 0.6) is 11.8 Å². The fraction of sp³-hybridized carbons (Fsp3) is 0.308. The fourth-order valence-corrected chi connectivity index (χ4v) is 2.40. The summed E-state index contributed by atoms with van der Waals surface area (Å²) in [7, 11) is 0. The Hall–Kier alpha value is -1.79. The van der Waals surface area contributed by atoms with Crippen LogP contribution < -0.4 is 15.4 Å². The van der Waals surface area contributed by atoms with E-state index in [1.807, 2.05) is 0 Å². The second-order valence-corrected chi connectivity index (χ2v) is 5.46. The first-order valence-corrected chi connectivity index (χ1v) is 7.27. The van der Waals surface area contributed by atoms with Gasteiger partial charge < -0.3 is 15.4 Å². The Labute approximate surface area is 131 Å². The monoisotopic (exact) mass is 325 g/mol. The maximum absolute atomic E-state index is 5.95. The van der Waals surface area contributed by atoms with E-state index in [-0.39, 0.29) is 12.0 Å². The van der Waals surface area contributed by atoms with E-state index >= 15 is 0 Å². The van der Waals surface area contributed by atoms with Crippen LogP contribution in [0.25, 0.3) is 0 Å². The number of nitrogens with two attached hydrogens (primary N) is 1. The Kier molecular flexibility index (Phi) is 3.98. The summed E-state index contributed by atoms with van der Waals surface area (Å²) in [5.41, 5.74) is 5.72. The molecule has 2 aromatic rings. The van der Waals surface area contributed by atoms with Gasteiger partial charge in [-0.15, -0.1) is 0 Å². The van der Waals surface area contributed by atoms with Gasteiger partial charge >= 0.3 is 6.01 Å². The van der Waals surface area contributed by atoms with Crippen LogP contribution in [-0.4, -0.2) is 28.0 Å². The van der Waals surface area contributed by atoms with Gasteiger partial charge in [0.25, 0.3) is 0 Å². The number of ether oxygens (including phenoxy) is 1. The number of anilines is 2. The summed E-state index contributed by atoms with van der Waals surface area (Å²) >= 11 is 11.8. The number of nitrogen functional groups attached to an aromatic ring is 1. The van der Waals surface area contributed by atoms with Crippen LogP contribution in [0.15, 0.2) is 18.2 Å². The number of hydrogen-bond donors (Lipinski definition) is 1. The molecule has 0 bridgehead atoms. The molecule has 1 aromatic heterocycles. The maximum atomic E-state index is 5.95. The first-order valence-electron chi connectivity index (χ1n) is 6.51. The number of aromatic nitrogens is 3. The smallest absolute Gasteiger partial charge is 0.328 e. The molecule has 110 valence electrons. The highest BCUT2D eigenvalue weighted by molar-refractivity contribution is 6.42. The highest BCUT2D eigenvalue weighted by atomic mass is 35.5. The number of benzene rings is 1. The number of rotatable bonds is 3. The van der Waals surface area contributed by atoms with Gasteiger partial charge in [0.15, 0.2) is 0 Å². The van der Waals surface area contributed by atoms with Crippen LogP contribution in [0.4, 0.5) is 11.9 Å². The van der Waals surface area contributed by atoms with Gasteiger partial charge in [-0.05, 0) is 25.0 Å². The van der Waals surface area contributed by atoms with Crippen molar-refractivity contribution in [2.24, 2.45) is 0 Å². The van der Waals surface area contributed by atoms with Crippen molar-refractivity contribution < 1.29 is 4.74 Å². The largest absolute Gasteiger partial charge is 0.424 e. The minimum Gasteiger partial charge on any atom is -0.424 e. The Morgan fingerprint density at radius 1 is 1.05 bits per heavy atom. The first-order chi connectivity index (χ1) is 10.1. The number of nitrogens with zero attached hydrogens (tertiary/aromatic N) is 4. The fourth-order valence-electron chi connectivity index (χ4n) is 2.11. The predicted molar refractivity (Wildman–Crippen MR) is 82.2 cm³/mol. The Bertz CT molecular complexity index is 661. The lowest BCUT2D eigenvalue weighted by Gasteiger charge is -2.15. The Balaban J connectivity index is 1.85. The van der Waals surface area contributed by atoms with Gasteiger partial charge in [-0.25, -0.2) is 0 Å². The average molecular weight is 326 g/mol. The van der Waals surface area contributed by atoms with Gasteiger partial charge in [-0.1, -0.05) is 23.2 Å². The van der Waals surface area contributed by atoms with Crippen LogP contribution in [0.2, 0.25) is 10.0 Å². The Morgan fingerprint density at radius 2 is 1.81 bits per heavy atom. The third-order valence-corrected chi connectivity index (χ3v) is 3.85. The molecule has 8 heteroatoms. The summed E-state index contributed by atoms with van der Waals surface area (Å²) in [6, 6.07) is 5.07. The van der Waals surface area contributed by atoms with Crippen molar-refractivity contribution in [1.29, 1.82) is 0 Å². The lowest BCUT2D eigenvalue weighted by molar-refractivity contribution is 0.440. The molecule has 1 aliphatic heterocycles. The highest BCUT2D eigenvalue weighted by Gasteiger charge is 2.17. The summed E-state index contributed by atoms with van der Waals surface area (Å²) in [6.45, 7) is 1.82. The van der Waals surface area contributed by atoms with Crippen molar-refractivity contribution in [3.8, 4) is 11.8 Å². The van der Waals surface area contributed by atoms with E-state index in [1.54, 1.807) is 18.2 Å².